The van der Waals surface area contributed by atoms with E-state index in [-0.39, 0.29) is 16.6 Å². The Balaban J connectivity index is 1.42. The zero-order valence-electron chi connectivity index (χ0n) is 27.9. The van der Waals surface area contributed by atoms with Gasteiger partial charge in [-0.25, -0.2) is 4.89 Å². The van der Waals surface area contributed by atoms with Crippen molar-refractivity contribution < 1.29 is 31.8 Å². The van der Waals surface area contributed by atoms with Crippen molar-refractivity contribution in [2.75, 3.05) is 25.4 Å². The molecule has 8 nitrogen and oxygen atoms in total. The second kappa shape index (κ2) is 15.2. The third-order valence-corrected chi connectivity index (χ3v) is 11.4. The molecule has 3 aliphatic carbocycles. The van der Waals surface area contributed by atoms with Gasteiger partial charge < -0.3 is 4.90 Å². The molecule has 5 rings (SSSR count). The van der Waals surface area contributed by atoms with E-state index >= 15 is 0 Å². The van der Waals surface area contributed by atoms with E-state index in [4.69, 9.17) is 16.5 Å². The smallest absolute Gasteiger partial charge is 0.264 e. The molecule has 0 radical (unpaired) electrons. The van der Waals surface area contributed by atoms with E-state index in [2.05, 4.69) is 108 Å². The average molecular weight is 704 g/mol. The minimum atomic E-state index is -4.02. The number of rotatable bonds is 13. The Kier molecular flexibility index (Phi) is 11.6. The topological polar surface area (TPSA) is 88.3 Å². The lowest BCUT2D eigenvalue weighted by Crippen LogP contribution is -2.27. The van der Waals surface area contributed by atoms with Crippen molar-refractivity contribution in [3.63, 3.8) is 0 Å². The first-order valence-corrected chi connectivity index (χ1v) is 19.0. The van der Waals surface area contributed by atoms with Gasteiger partial charge in [0.15, 0.2) is 12.3 Å². The van der Waals surface area contributed by atoms with Crippen LogP contribution in [0.25, 0.3) is 0 Å². The summed E-state index contributed by atoms with van der Waals surface area (Å²) in [7, 11) is -4.02. The highest BCUT2D eigenvalue weighted by atomic mass is 35.5. The fourth-order valence-electron chi connectivity index (χ4n) is 7.70. The molecular weight excluding hydrogens is 656 g/mol. The van der Waals surface area contributed by atoms with Gasteiger partial charge in [0.1, 0.15) is 0 Å². The molecule has 256 valence electrons. The summed E-state index contributed by atoms with van der Waals surface area (Å²) in [5, 5.41) is 5.27. The fraction of sp³-hybridized carbons (Fsp3) is 0.528. The molecule has 47 heavy (non-hydrogen) atoms. The first-order chi connectivity index (χ1) is 22.4. The van der Waals surface area contributed by atoms with Gasteiger partial charge in [-0.3, -0.25) is 4.55 Å². The number of allylic oxidation sites excluding steroid dienone is 13. The van der Waals surface area contributed by atoms with Gasteiger partial charge in [-0.2, -0.15) is 13.0 Å². The van der Waals surface area contributed by atoms with Crippen LogP contribution in [0.4, 0.5) is 0 Å². The third kappa shape index (κ3) is 8.01. The van der Waals surface area contributed by atoms with Crippen LogP contribution < -0.4 is 0 Å². The lowest BCUT2D eigenvalue weighted by molar-refractivity contribution is -0.484. The fourth-order valence-corrected chi connectivity index (χ4v) is 8.56. The number of nitrogens with zero attached hydrogens (tertiary/aromatic N) is 2. The normalized spacial score (nSPS) is 24.2. The summed E-state index contributed by atoms with van der Waals surface area (Å²) >= 11 is 10.7. The minimum Gasteiger partial charge on any atom is -0.344 e. The van der Waals surface area contributed by atoms with Crippen molar-refractivity contribution in [2.45, 2.75) is 85.5 Å². The zero-order chi connectivity index (χ0) is 33.8. The molecule has 0 saturated carbocycles. The average Bonchev–Trinajstić information content (AvgIpc) is 3.38. The van der Waals surface area contributed by atoms with Crippen molar-refractivity contribution in [3.8, 4) is 0 Å². The monoisotopic (exact) mass is 703 g/mol. The Morgan fingerprint density at radius 2 is 1.74 bits per heavy atom. The van der Waals surface area contributed by atoms with Gasteiger partial charge >= 0.3 is 0 Å². The highest BCUT2D eigenvalue weighted by Crippen LogP contribution is 2.51. The summed E-state index contributed by atoms with van der Waals surface area (Å²) in [4.78, 5) is 7.25. The van der Waals surface area contributed by atoms with Crippen molar-refractivity contribution in [2.24, 2.45) is 10.8 Å². The van der Waals surface area contributed by atoms with Gasteiger partial charge in [0.25, 0.3) is 10.1 Å². The molecule has 0 saturated heterocycles. The van der Waals surface area contributed by atoms with E-state index in [9.17, 15) is 13.0 Å². The third-order valence-electron chi connectivity index (χ3n) is 10.1. The van der Waals surface area contributed by atoms with E-state index in [1.807, 2.05) is 0 Å². The maximum Gasteiger partial charge on any atom is 0.264 e. The van der Waals surface area contributed by atoms with Crippen LogP contribution in [-0.2, 0) is 24.4 Å². The molecule has 0 fully saturated rings. The van der Waals surface area contributed by atoms with Crippen LogP contribution in [0.2, 0.25) is 0 Å². The van der Waals surface area contributed by atoms with Crippen molar-refractivity contribution >= 4 is 40.3 Å². The number of hydrogen-bond donors (Lipinski definition) is 2. The molecule has 0 amide bonds. The van der Waals surface area contributed by atoms with Gasteiger partial charge in [0.2, 0.25) is 5.70 Å². The van der Waals surface area contributed by atoms with Crippen LogP contribution in [0.15, 0.2) is 93.0 Å². The molecule has 0 bridgehead atoms. The van der Waals surface area contributed by atoms with Crippen molar-refractivity contribution in [1.82, 2.24) is 4.90 Å². The van der Waals surface area contributed by atoms with E-state index in [1.54, 1.807) is 0 Å². The first-order valence-electron chi connectivity index (χ1n) is 16.6. The van der Waals surface area contributed by atoms with Crippen LogP contribution in [-0.4, -0.2) is 53.6 Å². The highest BCUT2D eigenvalue weighted by Gasteiger charge is 2.46. The summed E-state index contributed by atoms with van der Waals surface area (Å²) < 4.78 is 38.9. The van der Waals surface area contributed by atoms with Crippen molar-refractivity contribution in [1.29, 1.82) is 0 Å². The molecule has 0 aromatic heterocycles. The van der Waals surface area contributed by atoms with Crippen LogP contribution in [0.5, 0.6) is 0 Å². The first kappa shape index (κ1) is 36.1. The van der Waals surface area contributed by atoms with Crippen LogP contribution in [0.3, 0.4) is 0 Å². The molecule has 2 aliphatic heterocycles. The van der Waals surface area contributed by atoms with Crippen LogP contribution in [0, 0.1) is 10.8 Å². The van der Waals surface area contributed by atoms with Gasteiger partial charge in [0, 0.05) is 65.4 Å². The van der Waals surface area contributed by atoms with E-state index in [0.29, 0.717) is 19.6 Å². The van der Waals surface area contributed by atoms with E-state index < -0.39 is 10.1 Å². The van der Waals surface area contributed by atoms with Gasteiger partial charge in [0.05, 0.1) is 17.8 Å². The molecular formula is C36H48ClN2O6S2+. The number of hydrogen-bond acceptors (Lipinski definition) is 7. The summed E-state index contributed by atoms with van der Waals surface area (Å²) in [5.74, 6) is -0.260. The lowest BCUT2D eigenvalue weighted by Gasteiger charge is -2.29. The molecule has 0 aromatic carbocycles. The second-order valence-electron chi connectivity index (χ2n) is 13.8. The van der Waals surface area contributed by atoms with Crippen LogP contribution in [0.1, 0.15) is 85.5 Å². The van der Waals surface area contributed by atoms with Crippen LogP contribution >= 0.6 is 24.5 Å². The molecule has 0 atom stereocenters. The number of thiol groups is 1. The minimum absolute atomic E-state index is 0.111. The number of halogens is 1. The van der Waals surface area contributed by atoms with Gasteiger partial charge in [-0.15, -0.1) is 4.33 Å². The molecule has 5 aliphatic rings. The maximum atomic E-state index is 11.5. The summed E-state index contributed by atoms with van der Waals surface area (Å²) in [5.41, 5.74) is 9.54. The molecule has 0 unspecified atom stereocenters. The molecule has 0 spiro atoms. The maximum absolute atomic E-state index is 11.5. The Morgan fingerprint density at radius 1 is 1.00 bits per heavy atom. The zero-order valence-corrected chi connectivity index (χ0v) is 30.4. The second-order valence-corrected chi connectivity index (χ2v) is 15.9. The largest absolute Gasteiger partial charge is 0.344 e. The Bertz CT molecular complexity index is 1640. The van der Waals surface area contributed by atoms with Gasteiger partial charge in [-0.1, -0.05) is 54.8 Å². The Hall–Kier alpha value is -2.18. The molecule has 11 heteroatoms. The Labute approximate surface area is 290 Å². The Morgan fingerprint density at radius 3 is 2.49 bits per heavy atom. The lowest BCUT2D eigenvalue weighted by atomic mass is 9.77. The van der Waals surface area contributed by atoms with Crippen molar-refractivity contribution in [3.05, 3.63) is 93.0 Å². The highest BCUT2D eigenvalue weighted by molar-refractivity contribution is 7.85. The molecule has 1 N–H and O–H groups in total. The van der Waals surface area contributed by atoms with E-state index in [0.717, 1.165) is 85.5 Å². The molecule has 0 aromatic rings. The summed E-state index contributed by atoms with van der Waals surface area (Å²) in [6.45, 7) is 10.8. The SMILES string of the molecule is CC1(C)C2=C(C=CCC2)[N+](CCCOOOS)=C1/C=C/C1=C(Cl)C(=C/C=C2\N(CCCS(=O)(=O)O)C3=C(CCC=C3)C2(C)C)/CCC1. The van der Waals surface area contributed by atoms with Gasteiger partial charge in [-0.05, 0) is 94.1 Å². The predicted octanol–water partition coefficient (Wildman–Crippen LogP) is 8.47. The summed E-state index contributed by atoms with van der Waals surface area (Å²) in [6.07, 6.45) is 25.6. The molecule has 2 heterocycles. The van der Waals surface area contributed by atoms with E-state index in [1.165, 1.54) is 22.6 Å². The summed E-state index contributed by atoms with van der Waals surface area (Å²) in [6, 6.07) is 0. The predicted molar refractivity (Wildman–Crippen MR) is 190 cm³/mol. The quantitative estimate of drug-likeness (QED) is 0.0379. The standard InChI is InChI=1S/C36H47ClN2O6S2/c1-35(2)28-14-5-7-16-30(28)38(22-10-24-43-44-45-46)32(35)20-18-26-12-9-13-27(34(26)37)19-21-33-36(3,4)29-15-6-8-17-31(29)39(33)23-11-25-47(40,41)42/h7-8,16-21H,5-6,9-15,22-25H2,1-4H3,(H-,40,41,42,46)/p+1.